The van der Waals surface area contributed by atoms with Crippen molar-refractivity contribution >= 4 is 5.91 Å². The minimum Gasteiger partial charge on any atom is -0.394 e. The summed E-state index contributed by atoms with van der Waals surface area (Å²) in [6.07, 6.45) is 62.7. The maximum Gasteiger partial charge on any atom is 0.220 e. The molecule has 0 aliphatic carbocycles. The second-order valence-electron chi connectivity index (χ2n) is 22.6. The van der Waals surface area contributed by atoms with E-state index in [1.165, 1.54) is 263 Å². The van der Waals surface area contributed by atoms with Gasteiger partial charge in [-0.1, -0.05) is 308 Å². The molecule has 1 saturated heterocycles. The van der Waals surface area contributed by atoms with Crippen molar-refractivity contribution < 1.29 is 39.8 Å². The molecule has 1 aliphatic heterocycles. The number of ether oxygens (including phenoxy) is 2. The molecule has 1 heterocycles. The van der Waals surface area contributed by atoms with E-state index >= 15 is 0 Å². The van der Waals surface area contributed by atoms with Gasteiger partial charge in [0.15, 0.2) is 6.29 Å². The molecule has 0 aromatic carbocycles. The van der Waals surface area contributed by atoms with Gasteiger partial charge in [0.05, 0.1) is 25.4 Å². The van der Waals surface area contributed by atoms with Crippen LogP contribution in [0.1, 0.15) is 322 Å². The van der Waals surface area contributed by atoms with E-state index in [2.05, 4.69) is 31.3 Å². The molecule has 1 aliphatic rings. The zero-order valence-electron chi connectivity index (χ0n) is 48.2. The molecule has 0 radical (unpaired) electrons. The molecule has 0 saturated carbocycles. The quantitative estimate of drug-likeness (QED) is 0.0261. The first-order chi connectivity index (χ1) is 35.8. The number of hydrogen-bond acceptors (Lipinski definition) is 8. The fourth-order valence-corrected chi connectivity index (χ4v) is 10.5. The molecule has 0 bridgehead atoms. The summed E-state index contributed by atoms with van der Waals surface area (Å²) in [6, 6.07) is -0.819. The smallest absolute Gasteiger partial charge is 0.220 e. The number of rotatable bonds is 56. The molecule has 1 amide bonds. The number of carbonyl (C=O) groups is 1. The van der Waals surface area contributed by atoms with Gasteiger partial charge in [-0.15, -0.1) is 0 Å². The average molecular weight is 1030 g/mol. The monoisotopic (exact) mass is 1030 g/mol. The van der Waals surface area contributed by atoms with E-state index in [1.807, 2.05) is 6.08 Å². The van der Waals surface area contributed by atoms with Crippen LogP contribution < -0.4 is 5.32 Å². The maximum atomic E-state index is 13.1. The second-order valence-corrected chi connectivity index (χ2v) is 22.6. The van der Waals surface area contributed by atoms with Crippen LogP contribution in [0.25, 0.3) is 0 Å². The summed E-state index contributed by atoms with van der Waals surface area (Å²) >= 11 is 0. The van der Waals surface area contributed by atoms with Crippen LogP contribution in [-0.2, 0) is 14.3 Å². The summed E-state index contributed by atoms with van der Waals surface area (Å²) in [4.78, 5) is 13.1. The fraction of sp³-hybridized carbons (Fsp3) is 0.922. The first-order valence-electron chi connectivity index (χ1n) is 32.1. The molecule has 0 aromatic heterocycles. The second kappa shape index (κ2) is 54.0. The molecule has 0 spiro atoms. The van der Waals surface area contributed by atoms with Crippen molar-refractivity contribution in [3.63, 3.8) is 0 Å². The lowest BCUT2D eigenvalue weighted by atomic mass is 9.99. The predicted octanol–water partition coefficient (Wildman–Crippen LogP) is 16.5. The number of aliphatic hydroxyl groups excluding tert-OH is 5. The highest BCUT2D eigenvalue weighted by atomic mass is 16.7. The average Bonchev–Trinajstić information content (AvgIpc) is 3.39. The Morgan fingerprint density at radius 1 is 0.452 bits per heavy atom. The Morgan fingerprint density at radius 2 is 0.781 bits per heavy atom. The van der Waals surface area contributed by atoms with Crippen molar-refractivity contribution in [2.75, 3.05) is 13.2 Å². The minimum atomic E-state index is -1.57. The zero-order valence-corrected chi connectivity index (χ0v) is 48.2. The van der Waals surface area contributed by atoms with E-state index in [0.29, 0.717) is 6.42 Å². The molecule has 7 atom stereocenters. The normalized spacial score (nSPS) is 19.1. The Hall–Kier alpha value is -1.33. The Kier molecular flexibility index (Phi) is 51.6. The van der Waals surface area contributed by atoms with Gasteiger partial charge in [-0.3, -0.25) is 4.79 Å². The van der Waals surface area contributed by atoms with Gasteiger partial charge in [-0.25, -0.2) is 0 Å². The van der Waals surface area contributed by atoms with Crippen molar-refractivity contribution in [3.8, 4) is 0 Å². The molecule has 7 unspecified atom stereocenters. The maximum absolute atomic E-state index is 13.1. The summed E-state index contributed by atoms with van der Waals surface area (Å²) in [6.45, 7) is 3.82. The van der Waals surface area contributed by atoms with Crippen molar-refractivity contribution in [1.29, 1.82) is 0 Å². The van der Waals surface area contributed by atoms with E-state index in [4.69, 9.17) is 9.47 Å². The first-order valence-corrected chi connectivity index (χ1v) is 32.1. The number of amides is 1. The molecule has 9 heteroatoms. The summed E-state index contributed by atoms with van der Waals surface area (Å²) in [5.74, 6) is -0.179. The van der Waals surface area contributed by atoms with E-state index in [0.717, 1.165) is 38.5 Å². The lowest BCUT2D eigenvalue weighted by Gasteiger charge is -2.40. The van der Waals surface area contributed by atoms with E-state index in [9.17, 15) is 30.3 Å². The van der Waals surface area contributed by atoms with Crippen LogP contribution >= 0.6 is 0 Å². The topological polar surface area (TPSA) is 149 Å². The molecule has 1 fully saturated rings. The van der Waals surface area contributed by atoms with Gasteiger partial charge in [0.1, 0.15) is 24.4 Å². The predicted molar refractivity (Wildman–Crippen MR) is 309 cm³/mol. The van der Waals surface area contributed by atoms with Crippen LogP contribution in [0.15, 0.2) is 24.3 Å². The van der Waals surface area contributed by atoms with Crippen LogP contribution in [0.4, 0.5) is 0 Å². The number of aliphatic hydroxyl groups is 5. The Balaban J connectivity index is 2.19. The highest BCUT2D eigenvalue weighted by Crippen LogP contribution is 2.23. The van der Waals surface area contributed by atoms with Crippen LogP contribution in [0.3, 0.4) is 0 Å². The molecule has 0 aromatic rings. The van der Waals surface area contributed by atoms with Gasteiger partial charge in [0.25, 0.3) is 0 Å². The molecular weight excluding hydrogens is 911 g/mol. The van der Waals surface area contributed by atoms with Crippen molar-refractivity contribution in [3.05, 3.63) is 24.3 Å². The number of allylic oxidation sites excluding steroid dienone is 3. The third kappa shape index (κ3) is 43.4. The SMILES string of the molecule is CCCCCCCCCCCCCCCCCCCCCCC/C=C/CC/C=C/C(O)C(COC1OC(CO)C(O)C(O)C1O)NC(=O)CCCCCCCCCCCCCCCCCCCCCCCCC. The lowest BCUT2D eigenvalue weighted by molar-refractivity contribution is -0.302. The third-order valence-electron chi connectivity index (χ3n) is 15.5. The molecular formula is C64H123NO8. The highest BCUT2D eigenvalue weighted by molar-refractivity contribution is 5.76. The summed E-state index contributed by atoms with van der Waals surface area (Å²) in [7, 11) is 0. The van der Waals surface area contributed by atoms with Crippen LogP contribution in [0.5, 0.6) is 0 Å². The summed E-state index contributed by atoms with van der Waals surface area (Å²) < 4.78 is 11.3. The fourth-order valence-electron chi connectivity index (χ4n) is 10.5. The Morgan fingerprint density at radius 3 is 1.15 bits per heavy atom. The van der Waals surface area contributed by atoms with Crippen LogP contribution in [-0.4, -0.2) is 87.5 Å². The molecule has 432 valence electrons. The lowest BCUT2D eigenvalue weighted by Crippen LogP contribution is -2.60. The van der Waals surface area contributed by atoms with Crippen molar-refractivity contribution in [1.82, 2.24) is 5.32 Å². The number of hydrogen-bond donors (Lipinski definition) is 6. The van der Waals surface area contributed by atoms with E-state index in [1.54, 1.807) is 6.08 Å². The van der Waals surface area contributed by atoms with Gasteiger partial charge in [-0.2, -0.15) is 0 Å². The molecule has 1 rings (SSSR count). The van der Waals surface area contributed by atoms with Gasteiger partial charge >= 0.3 is 0 Å². The van der Waals surface area contributed by atoms with Gasteiger partial charge in [0.2, 0.25) is 5.91 Å². The Labute approximate surface area is 451 Å². The van der Waals surface area contributed by atoms with Gasteiger partial charge in [-0.05, 0) is 32.1 Å². The van der Waals surface area contributed by atoms with Crippen molar-refractivity contribution in [2.24, 2.45) is 0 Å². The number of nitrogens with one attached hydrogen (secondary N) is 1. The third-order valence-corrected chi connectivity index (χ3v) is 15.5. The first kappa shape index (κ1) is 69.7. The number of unbranched alkanes of at least 4 members (excludes halogenated alkanes) is 44. The molecule has 9 nitrogen and oxygen atoms in total. The van der Waals surface area contributed by atoms with E-state index < -0.39 is 49.5 Å². The van der Waals surface area contributed by atoms with Gasteiger partial charge < -0.3 is 40.3 Å². The van der Waals surface area contributed by atoms with Crippen LogP contribution in [0, 0.1) is 0 Å². The number of carbonyl (C=O) groups excluding carboxylic acids is 1. The summed E-state index contributed by atoms with van der Waals surface area (Å²) in [5.41, 5.74) is 0. The van der Waals surface area contributed by atoms with Crippen LogP contribution in [0.2, 0.25) is 0 Å². The highest BCUT2D eigenvalue weighted by Gasteiger charge is 2.44. The standard InChI is InChI=1S/C64H123NO8/c1-3-5-7-9-11-13-15-17-19-21-23-25-27-28-29-30-32-33-35-37-39-41-43-45-47-49-51-53-58(67)57(56-72-64-63(71)62(70)61(69)59(55-66)73-64)65-60(68)54-52-50-48-46-44-42-40-38-36-34-31-26-24-22-20-18-16-14-12-10-8-6-4-2/h43,45,51,53,57-59,61-64,66-67,69-71H,3-42,44,46-50,52,54-56H2,1-2H3,(H,65,68)/b45-43+,53-51+. The van der Waals surface area contributed by atoms with Gasteiger partial charge in [0, 0.05) is 6.42 Å². The van der Waals surface area contributed by atoms with E-state index in [-0.39, 0.29) is 12.5 Å². The zero-order chi connectivity index (χ0) is 52.9. The Bertz CT molecular complexity index is 1200. The molecule has 73 heavy (non-hydrogen) atoms. The molecule has 6 N–H and O–H groups in total. The largest absolute Gasteiger partial charge is 0.394 e. The summed E-state index contributed by atoms with van der Waals surface area (Å²) in [5, 5.41) is 54.6. The van der Waals surface area contributed by atoms with Crippen molar-refractivity contribution in [2.45, 2.75) is 365 Å². The minimum absolute atomic E-state index is 0.179.